The highest BCUT2D eigenvalue weighted by atomic mass is 19.4. The number of alkyl halides is 6. The van der Waals surface area contributed by atoms with Crippen LogP contribution in [0.25, 0.3) is 0 Å². The Morgan fingerprint density at radius 2 is 1.56 bits per heavy atom. The fourth-order valence-electron chi connectivity index (χ4n) is 4.92. The van der Waals surface area contributed by atoms with Crippen LogP contribution < -0.4 is 0 Å². The summed E-state index contributed by atoms with van der Waals surface area (Å²) in [4.78, 5) is 14.1. The number of rotatable bonds is 4. The SMILES string of the molecule is C[C@@H](O[C@H]1CN2C(=O)CCCC2[C@@H]1c1ccc(F)cc1)c1cc(C(F)(F)F)cc(C(F)(F)F)c1. The van der Waals surface area contributed by atoms with Crippen LogP contribution in [0.5, 0.6) is 0 Å². The van der Waals surface area contributed by atoms with Crippen molar-refractivity contribution in [3.63, 3.8) is 0 Å². The summed E-state index contributed by atoms with van der Waals surface area (Å²) >= 11 is 0. The van der Waals surface area contributed by atoms with Gasteiger partial charge in [0.2, 0.25) is 5.91 Å². The summed E-state index contributed by atoms with van der Waals surface area (Å²) in [7, 11) is 0. The highest BCUT2D eigenvalue weighted by Crippen LogP contribution is 2.43. The number of amides is 1. The summed E-state index contributed by atoms with van der Waals surface area (Å²) in [5, 5.41) is 0. The van der Waals surface area contributed by atoms with Gasteiger partial charge in [-0.15, -0.1) is 0 Å². The molecular formula is C24H22F7NO2. The number of hydrogen-bond acceptors (Lipinski definition) is 2. The van der Waals surface area contributed by atoms with Gasteiger partial charge in [0, 0.05) is 24.9 Å². The zero-order valence-corrected chi connectivity index (χ0v) is 18.1. The van der Waals surface area contributed by atoms with Gasteiger partial charge in [-0.25, -0.2) is 4.39 Å². The van der Waals surface area contributed by atoms with E-state index in [4.69, 9.17) is 4.74 Å². The second-order valence-corrected chi connectivity index (χ2v) is 8.74. The summed E-state index contributed by atoms with van der Waals surface area (Å²) in [6, 6.07) is 6.81. The third-order valence-corrected chi connectivity index (χ3v) is 6.52. The first-order chi connectivity index (χ1) is 15.8. The number of piperidine rings is 1. The molecule has 2 saturated heterocycles. The zero-order chi connectivity index (χ0) is 24.8. The normalized spacial score (nSPS) is 24.3. The highest BCUT2D eigenvalue weighted by Gasteiger charge is 2.47. The number of fused-ring (bicyclic) bond motifs is 1. The van der Waals surface area contributed by atoms with Gasteiger partial charge in [-0.05, 0) is 61.2 Å². The van der Waals surface area contributed by atoms with Gasteiger partial charge >= 0.3 is 12.4 Å². The molecular weight excluding hydrogens is 467 g/mol. The second-order valence-electron chi connectivity index (χ2n) is 8.74. The van der Waals surface area contributed by atoms with Crippen molar-refractivity contribution in [1.29, 1.82) is 0 Å². The van der Waals surface area contributed by atoms with Crippen LogP contribution in [0.15, 0.2) is 42.5 Å². The lowest BCUT2D eigenvalue weighted by molar-refractivity contribution is -0.143. The first kappa shape index (κ1) is 24.5. The second kappa shape index (κ2) is 8.87. The lowest BCUT2D eigenvalue weighted by atomic mass is 9.86. The lowest BCUT2D eigenvalue weighted by Crippen LogP contribution is -2.40. The monoisotopic (exact) mass is 489 g/mol. The van der Waals surface area contributed by atoms with E-state index in [1.165, 1.54) is 19.1 Å². The van der Waals surface area contributed by atoms with E-state index in [1.54, 1.807) is 17.0 Å². The van der Waals surface area contributed by atoms with Gasteiger partial charge in [0.05, 0.1) is 23.3 Å². The molecule has 1 amide bonds. The van der Waals surface area contributed by atoms with E-state index < -0.39 is 41.5 Å². The molecule has 0 spiro atoms. The molecule has 0 bridgehead atoms. The molecule has 2 aliphatic heterocycles. The number of halogens is 7. The van der Waals surface area contributed by atoms with Crippen molar-refractivity contribution in [2.24, 2.45) is 0 Å². The predicted octanol–water partition coefficient (Wildman–Crippen LogP) is 6.49. The van der Waals surface area contributed by atoms with Crippen LogP contribution >= 0.6 is 0 Å². The van der Waals surface area contributed by atoms with Crippen molar-refractivity contribution < 1.29 is 40.3 Å². The Balaban J connectivity index is 1.67. The van der Waals surface area contributed by atoms with Gasteiger partial charge < -0.3 is 9.64 Å². The van der Waals surface area contributed by atoms with Crippen molar-refractivity contribution in [2.75, 3.05) is 6.54 Å². The van der Waals surface area contributed by atoms with E-state index in [0.717, 1.165) is 0 Å². The van der Waals surface area contributed by atoms with Crippen molar-refractivity contribution in [2.45, 2.75) is 62.7 Å². The molecule has 3 nitrogen and oxygen atoms in total. The average Bonchev–Trinajstić information content (AvgIpc) is 3.12. The molecule has 2 aliphatic rings. The lowest BCUT2D eigenvalue weighted by Gasteiger charge is -2.32. The van der Waals surface area contributed by atoms with Gasteiger partial charge in [0.15, 0.2) is 0 Å². The molecule has 0 aliphatic carbocycles. The molecule has 2 fully saturated rings. The van der Waals surface area contributed by atoms with Gasteiger partial charge in [-0.2, -0.15) is 26.3 Å². The smallest absolute Gasteiger partial charge is 0.368 e. The van der Waals surface area contributed by atoms with Gasteiger partial charge in [-0.3, -0.25) is 4.79 Å². The summed E-state index contributed by atoms with van der Waals surface area (Å²) < 4.78 is 99.2. The minimum absolute atomic E-state index is 0.0754. The van der Waals surface area contributed by atoms with Crippen LogP contribution in [0.1, 0.15) is 60.5 Å². The van der Waals surface area contributed by atoms with Crippen molar-refractivity contribution >= 4 is 5.91 Å². The molecule has 0 radical (unpaired) electrons. The number of carbonyl (C=O) groups is 1. The van der Waals surface area contributed by atoms with Crippen LogP contribution in [-0.2, 0) is 21.9 Å². The molecule has 10 heteroatoms. The van der Waals surface area contributed by atoms with Crippen molar-refractivity contribution in [3.8, 4) is 0 Å². The number of nitrogens with zero attached hydrogens (tertiary/aromatic N) is 1. The summed E-state index contributed by atoms with van der Waals surface area (Å²) in [5.41, 5.74) is -2.40. The predicted molar refractivity (Wildman–Crippen MR) is 108 cm³/mol. The molecule has 2 heterocycles. The van der Waals surface area contributed by atoms with E-state index in [2.05, 4.69) is 0 Å². The molecule has 1 unspecified atom stereocenters. The number of hydrogen-bond donors (Lipinski definition) is 0. The Kier molecular flexibility index (Phi) is 6.39. The summed E-state index contributed by atoms with van der Waals surface area (Å²) in [6.07, 6.45) is -10.0. The fraction of sp³-hybridized carbons (Fsp3) is 0.458. The molecule has 0 N–H and O–H groups in total. The average molecular weight is 489 g/mol. The van der Waals surface area contributed by atoms with Crippen LogP contribution in [0.2, 0.25) is 0 Å². The van der Waals surface area contributed by atoms with Crippen LogP contribution in [0.4, 0.5) is 30.7 Å². The van der Waals surface area contributed by atoms with Crippen LogP contribution in [-0.4, -0.2) is 29.5 Å². The van der Waals surface area contributed by atoms with E-state index in [-0.39, 0.29) is 36.0 Å². The Labute approximate surface area is 191 Å². The minimum Gasteiger partial charge on any atom is -0.368 e. The molecule has 2 aromatic rings. The maximum absolute atomic E-state index is 13.5. The zero-order valence-electron chi connectivity index (χ0n) is 18.1. The molecule has 184 valence electrons. The summed E-state index contributed by atoms with van der Waals surface area (Å²) in [6.45, 7) is 1.54. The molecule has 0 saturated carbocycles. The standard InChI is InChI=1S/C24H22F7NO2/c1-13(15-9-16(23(26,27)28)11-17(10-15)24(29,30)31)34-20-12-32-19(3-2-4-21(32)33)22(20)14-5-7-18(25)8-6-14/h5-11,13,19-20,22H,2-4,12H2,1H3/t13-,19?,20+,22+/m1/s1. The Morgan fingerprint density at radius 3 is 2.12 bits per heavy atom. The van der Waals surface area contributed by atoms with E-state index in [9.17, 15) is 35.5 Å². The van der Waals surface area contributed by atoms with E-state index >= 15 is 0 Å². The molecule has 4 rings (SSSR count). The Bertz CT molecular complexity index is 1020. The van der Waals surface area contributed by atoms with Crippen molar-refractivity contribution in [3.05, 3.63) is 70.5 Å². The third-order valence-electron chi connectivity index (χ3n) is 6.52. The van der Waals surface area contributed by atoms with Gasteiger partial charge in [0.1, 0.15) is 5.82 Å². The number of benzene rings is 2. The molecule has 34 heavy (non-hydrogen) atoms. The molecule has 2 aromatic carbocycles. The minimum atomic E-state index is -4.97. The van der Waals surface area contributed by atoms with Crippen LogP contribution in [0, 0.1) is 5.82 Å². The Morgan fingerprint density at radius 1 is 0.971 bits per heavy atom. The molecule has 0 aromatic heterocycles. The number of carbonyl (C=O) groups excluding carboxylic acids is 1. The topological polar surface area (TPSA) is 29.5 Å². The third kappa shape index (κ3) is 4.92. The first-order valence-corrected chi connectivity index (χ1v) is 10.8. The Hall–Kier alpha value is -2.62. The van der Waals surface area contributed by atoms with E-state index in [0.29, 0.717) is 37.0 Å². The van der Waals surface area contributed by atoms with Gasteiger partial charge in [0.25, 0.3) is 0 Å². The fourth-order valence-corrected chi connectivity index (χ4v) is 4.92. The molecule has 4 atom stereocenters. The first-order valence-electron chi connectivity index (χ1n) is 10.8. The van der Waals surface area contributed by atoms with Gasteiger partial charge in [-0.1, -0.05) is 12.1 Å². The van der Waals surface area contributed by atoms with E-state index in [1.807, 2.05) is 0 Å². The highest BCUT2D eigenvalue weighted by molar-refractivity contribution is 5.78. The number of ether oxygens (including phenoxy) is 1. The quantitative estimate of drug-likeness (QED) is 0.460. The summed E-state index contributed by atoms with van der Waals surface area (Å²) in [5.74, 6) is -0.923. The maximum atomic E-state index is 13.5. The van der Waals surface area contributed by atoms with Crippen LogP contribution in [0.3, 0.4) is 0 Å². The maximum Gasteiger partial charge on any atom is 0.416 e. The van der Waals surface area contributed by atoms with Crippen molar-refractivity contribution in [1.82, 2.24) is 4.90 Å². The largest absolute Gasteiger partial charge is 0.416 e.